The number of allylic oxidation sites excluding steroid dienone is 1. The highest BCUT2D eigenvalue weighted by Crippen LogP contribution is 2.31. The fourth-order valence-electron chi connectivity index (χ4n) is 3.69. The Morgan fingerprint density at radius 2 is 1.90 bits per heavy atom. The van der Waals surface area contributed by atoms with E-state index in [1.165, 1.54) is 0 Å². The quantitative estimate of drug-likeness (QED) is 0.678. The maximum Gasteiger partial charge on any atom is 0.262 e. The fourth-order valence-corrected chi connectivity index (χ4v) is 3.69. The number of nitrogens with one attached hydrogen (secondary N) is 1. The highest BCUT2D eigenvalue weighted by atomic mass is 16.5. The number of hydrogen-bond donors (Lipinski definition) is 2. The van der Waals surface area contributed by atoms with Crippen molar-refractivity contribution in [2.24, 2.45) is 11.7 Å². The summed E-state index contributed by atoms with van der Waals surface area (Å²) in [7, 11) is 1.57. The number of nitrogens with two attached hydrogens (primary N) is 1. The molecule has 0 saturated carbocycles. The van der Waals surface area contributed by atoms with Crippen molar-refractivity contribution in [1.82, 2.24) is 0 Å². The molecule has 0 aliphatic carbocycles. The van der Waals surface area contributed by atoms with Gasteiger partial charge in [0.2, 0.25) is 5.91 Å². The SMILES string of the molecule is C/C=C/c1ccc(OCC(=O)Nc2ccccc2N2CCC(C(N)=O)CC2)c(OC)c1. The van der Waals surface area contributed by atoms with E-state index in [1.54, 1.807) is 13.2 Å². The number of hydrogen-bond acceptors (Lipinski definition) is 5. The van der Waals surface area contributed by atoms with Crippen LogP contribution in [0.25, 0.3) is 6.08 Å². The number of methoxy groups -OCH3 is 1. The molecule has 3 rings (SSSR count). The third-order valence-corrected chi connectivity index (χ3v) is 5.32. The minimum Gasteiger partial charge on any atom is -0.493 e. The largest absolute Gasteiger partial charge is 0.493 e. The molecule has 1 aliphatic heterocycles. The van der Waals surface area contributed by atoms with E-state index in [-0.39, 0.29) is 24.3 Å². The first-order valence-electron chi connectivity index (χ1n) is 10.4. The predicted octanol–water partition coefficient (Wildman–Crippen LogP) is 3.45. The smallest absolute Gasteiger partial charge is 0.262 e. The number of anilines is 2. The van der Waals surface area contributed by atoms with E-state index in [4.69, 9.17) is 15.2 Å². The van der Waals surface area contributed by atoms with Crippen molar-refractivity contribution in [3.63, 3.8) is 0 Å². The number of rotatable bonds is 8. The van der Waals surface area contributed by atoms with E-state index in [1.807, 2.05) is 55.5 Å². The van der Waals surface area contributed by atoms with Gasteiger partial charge in [0.05, 0.1) is 18.5 Å². The number of carbonyl (C=O) groups excluding carboxylic acids is 2. The molecular formula is C24H29N3O4. The number of para-hydroxylation sites is 2. The molecule has 2 aromatic carbocycles. The Bertz CT molecular complexity index is 950. The lowest BCUT2D eigenvalue weighted by molar-refractivity contribution is -0.122. The van der Waals surface area contributed by atoms with Crippen LogP contribution in [0.2, 0.25) is 0 Å². The van der Waals surface area contributed by atoms with Gasteiger partial charge in [-0.1, -0.05) is 30.4 Å². The van der Waals surface area contributed by atoms with Crippen LogP contribution in [0.1, 0.15) is 25.3 Å². The molecule has 0 bridgehead atoms. The van der Waals surface area contributed by atoms with E-state index in [0.717, 1.165) is 11.3 Å². The van der Waals surface area contributed by atoms with Crippen molar-refractivity contribution in [3.05, 3.63) is 54.1 Å². The van der Waals surface area contributed by atoms with Gasteiger partial charge >= 0.3 is 0 Å². The van der Waals surface area contributed by atoms with Crippen LogP contribution in [0, 0.1) is 5.92 Å². The topological polar surface area (TPSA) is 93.9 Å². The van der Waals surface area contributed by atoms with Gasteiger partial charge in [-0.2, -0.15) is 0 Å². The Hall–Kier alpha value is -3.48. The third kappa shape index (κ3) is 5.78. The van der Waals surface area contributed by atoms with Gasteiger partial charge in [-0.25, -0.2) is 0 Å². The van der Waals surface area contributed by atoms with Crippen LogP contribution in [0.5, 0.6) is 11.5 Å². The summed E-state index contributed by atoms with van der Waals surface area (Å²) in [5, 5.41) is 2.93. The molecule has 0 spiro atoms. The van der Waals surface area contributed by atoms with Crippen molar-refractivity contribution in [2.75, 3.05) is 37.0 Å². The maximum absolute atomic E-state index is 12.6. The summed E-state index contributed by atoms with van der Waals surface area (Å²) >= 11 is 0. The summed E-state index contributed by atoms with van der Waals surface area (Å²) in [4.78, 5) is 26.1. The standard InChI is InChI=1S/C24H29N3O4/c1-3-6-17-9-10-21(22(15-17)30-2)31-16-23(28)26-19-7-4-5-8-20(19)27-13-11-18(12-14-27)24(25)29/h3-10,15,18H,11-14,16H2,1-2H3,(H2,25,29)(H,26,28)/b6-3+. The lowest BCUT2D eigenvalue weighted by Crippen LogP contribution is -2.39. The van der Waals surface area contributed by atoms with E-state index in [9.17, 15) is 9.59 Å². The Labute approximate surface area is 182 Å². The zero-order chi connectivity index (χ0) is 22.2. The molecule has 0 atom stereocenters. The number of piperidine rings is 1. The normalized spacial score (nSPS) is 14.5. The zero-order valence-corrected chi connectivity index (χ0v) is 18.0. The average Bonchev–Trinajstić information content (AvgIpc) is 2.78. The highest BCUT2D eigenvalue weighted by molar-refractivity contribution is 5.95. The van der Waals surface area contributed by atoms with Gasteiger partial charge in [-0.05, 0) is 49.6 Å². The summed E-state index contributed by atoms with van der Waals surface area (Å²) in [6.45, 7) is 3.23. The lowest BCUT2D eigenvalue weighted by Gasteiger charge is -2.33. The molecule has 0 unspecified atom stereocenters. The molecule has 2 aromatic rings. The van der Waals surface area contributed by atoms with Crippen molar-refractivity contribution in [3.8, 4) is 11.5 Å². The van der Waals surface area contributed by atoms with Gasteiger partial charge in [-0.15, -0.1) is 0 Å². The zero-order valence-electron chi connectivity index (χ0n) is 18.0. The Morgan fingerprint density at radius 3 is 2.58 bits per heavy atom. The third-order valence-electron chi connectivity index (χ3n) is 5.32. The predicted molar refractivity (Wildman–Crippen MR) is 122 cm³/mol. The molecule has 0 radical (unpaired) electrons. The first-order valence-corrected chi connectivity index (χ1v) is 10.4. The van der Waals surface area contributed by atoms with Crippen molar-refractivity contribution in [1.29, 1.82) is 0 Å². The number of carbonyl (C=O) groups is 2. The maximum atomic E-state index is 12.6. The summed E-state index contributed by atoms with van der Waals surface area (Å²) < 4.78 is 11.1. The van der Waals surface area contributed by atoms with Gasteiger partial charge in [0, 0.05) is 19.0 Å². The minimum atomic E-state index is -0.265. The first-order chi connectivity index (χ1) is 15.0. The van der Waals surface area contributed by atoms with Crippen molar-refractivity contribution < 1.29 is 19.1 Å². The molecule has 2 amide bonds. The molecule has 7 nitrogen and oxygen atoms in total. The van der Waals surface area contributed by atoms with Crippen LogP contribution in [0.3, 0.4) is 0 Å². The molecular weight excluding hydrogens is 394 g/mol. The van der Waals surface area contributed by atoms with Crippen LogP contribution in [0.15, 0.2) is 48.5 Å². The van der Waals surface area contributed by atoms with Gasteiger partial charge < -0.3 is 25.4 Å². The Kier molecular flexibility index (Phi) is 7.54. The molecule has 164 valence electrons. The lowest BCUT2D eigenvalue weighted by atomic mass is 9.96. The van der Waals surface area contributed by atoms with Crippen LogP contribution < -0.4 is 25.4 Å². The van der Waals surface area contributed by atoms with Crippen LogP contribution in [0.4, 0.5) is 11.4 Å². The summed E-state index contributed by atoms with van der Waals surface area (Å²) in [5.74, 6) is 0.487. The molecule has 1 heterocycles. The monoisotopic (exact) mass is 423 g/mol. The molecule has 31 heavy (non-hydrogen) atoms. The molecule has 7 heteroatoms. The fraction of sp³-hybridized carbons (Fsp3) is 0.333. The molecule has 1 fully saturated rings. The molecule has 1 saturated heterocycles. The van der Waals surface area contributed by atoms with Crippen LogP contribution >= 0.6 is 0 Å². The number of nitrogens with zero attached hydrogens (tertiary/aromatic N) is 1. The second-order valence-corrected chi connectivity index (χ2v) is 7.43. The van der Waals surface area contributed by atoms with Crippen molar-refractivity contribution in [2.45, 2.75) is 19.8 Å². The molecule has 3 N–H and O–H groups in total. The van der Waals surface area contributed by atoms with Gasteiger partial charge in [-0.3, -0.25) is 9.59 Å². The molecule has 0 aromatic heterocycles. The van der Waals surface area contributed by atoms with E-state index < -0.39 is 0 Å². The summed E-state index contributed by atoms with van der Waals surface area (Å²) in [5.41, 5.74) is 8.06. The summed E-state index contributed by atoms with van der Waals surface area (Å²) in [6.07, 6.45) is 5.33. The second kappa shape index (κ2) is 10.5. The number of amides is 2. The van der Waals surface area contributed by atoms with Gasteiger partial charge in [0.15, 0.2) is 18.1 Å². The van der Waals surface area contributed by atoms with Gasteiger partial charge in [0.1, 0.15) is 0 Å². The second-order valence-electron chi connectivity index (χ2n) is 7.43. The van der Waals surface area contributed by atoms with E-state index >= 15 is 0 Å². The highest BCUT2D eigenvalue weighted by Gasteiger charge is 2.24. The van der Waals surface area contributed by atoms with Crippen molar-refractivity contribution >= 4 is 29.3 Å². The number of ether oxygens (including phenoxy) is 2. The number of benzene rings is 2. The van der Waals surface area contributed by atoms with E-state index in [0.29, 0.717) is 43.1 Å². The minimum absolute atomic E-state index is 0.0828. The van der Waals surface area contributed by atoms with Crippen LogP contribution in [-0.4, -0.2) is 38.6 Å². The summed E-state index contributed by atoms with van der Waals surface area (Å²) in [6, 6.07) is 13.2. The van der Waals surface area contributed by atoms with Gasteiger partial charge in [0.25, 0.3) is 5.91 Å². The number of primary amides is 1. The molecule has 1 aliphatic rings. The average molecular weight is 424 g/mol. The Balaban J connectivity index is 1.62. The first kappa shape index (κ1) is 22.2. The Morgan fingerprint density at radius 1 is 1.16 bits per heavy atom. The van der Waals surface area contributed by atoms with E-state index in [2.05, 4.69) is 10.2 Å². The van der Waals surface area contributed by atoms with Crippen LogP contribution in [-0.2, 0) is 9.59 Å².